The van der Waals surface area contributed by atoms with E-state index in [0.29, 0.717) is 11.3 Å². The van der Waals surface area contributed by atoms with E-state index in [2.05, 4.69) is 6.07 Å². The summed E-state index contributed by atoms with van der Waals surface area (Å²) in [5.41, 5.74) is 2.19. The highest BCUT2D eigenvalue weighted by Crippen LogP contribution is 2.46. The Hall–Kier alpha value is -3.40. The maximum Gasteiger partial charge on any atom is 0.416 e. The highest BCUT2D eigenvalue weighted by molar-refractivity contribution is 6.00. The fourth-order valence-electron chi connectivity index (χ4n) is 4.10. The summed E-state index contributed by atoms with van der Waals surface area (Å²) in [4.78, 5) is 14.7. The van der Waals surface area contributed by atoms with E-state index in [1.165, 1.54) is 4.90 Å². The summed E-state index contributed by atoms with van der Waals surface area (Å²) in [7, 11) is 0. The first kappa shape index (κ1) is 21.8. The van der Waals surface area contributed by atoms with Crippen LogP contribution in [0.2, 0.25) is 0 Å². The number of nitriles is 1. The van der Waals surface area contributed by atoms with Gasteiger partial charge in [0.2, 0.25) is 0 Å². The number of carbonyl (C=O) groups excluding carboxylic acids is 1. The number of rotatable bonds is 4. The molecule has 0 radical (unpaired) electrons. The summed E-state index contributed by atoms with van der Waals surface area (Å²) in [6.45, 7) is 5.48. The first-order valence-corrected chi connectivity index (χ1v) is 10.6. The zero-order valence-electron chi connectivity index (χ0n) is 18.4. The van der Waals surface area contributed by atoms with E-state index in [1.54, 1.807) is 12.1 Å². The molecule has 164 valence electrons. The van der Waals surface area contributed by atoms with E-state index in [-0.39, 0.29) is 13.2 Å². The van der Waals surface area contributed by atoms with Crippen molar-refractivity contribution in [2.45, 2.75) is 45.1 Å². The Balaban J connectivity index is 1.81. The van der Waals surface area contributed by atoms with Crippen LogP contribution in [0, 0.1) is 11.3 Å². The zero-order chi connectivity index (χ0) is 22.9. The minimum atomic E-state index is -0.749. The number of hydrogen-bond donors (Lipinski definition) is 1. The minimum Gasteiger partial charge on any atom is -0.443 e. The molecule has 6 nitrogen and oxygen atoms in total. The van der Waals surface area contributed by atoms with Crippen molar-refractivity contribution in [3.05, 3.63) is 77.4 Å². The second-order valence-electron chi connectivity index (χ2n) is 8.87. The fourth-order valence-corrected chi connectivity index (χ4v) is 4.10. The van der Waals surface area contributed by atoms with Crippen LogP contribution in [0.4, 0.5) is 10.5 Å². The molecule has 32 heavy (non-hydrogen) atoms. The first-order valence-electron chi connectivity index (χ1n) is 10.6. The molecule has 1 aliphatic rings. The summed E-state index contributed by atoms with van der Waals surface area (Å²) in [6, 6.07) is 21.0. The van der Waals surface area contributed by atoms with E-state index >= 15 is 0 Å². The van der Waals surface area contributed by atoms with Crippen LogP contribution < -0.4 is 4.90 Å². The van der Waals surface area contributed by atoms with Crippen molar-refractivity contribution in [2.75, 3.05) is 11.5 Å². The molecular weight excluding hydrogens is 404 g/mol. The van der Waals surface area contributed by atoms with Crippen molar-refractivity contribution < 1.29 is 19.4 Å². The highest BCUT2D eigenvalue weighted by atomic mass is 16.6. The van der Waals surface area contributed by atoms with Gasteiger partial charge in [-0.05, 0) is 60.9 Å². The van der Waals surface area contributed by atoms with Crippen LogP contribution in [0.15, 0.2) is 60.7 Å². The molecule has 6 heteroatoms. The average Bonchev–Trinajstić information content (AvgIpc) is 3.10. The molecule has 0 aliphatic carbocycles. The molecule has 0 fully saturated rings. The van der Waals surface area contributed by atoms with Crippen molar-refractivity contribution in [1.29, 1.82) is 5.26 Å². The lowest BCUT2D eigenvalue weighted by molar-refractivity contribution is 0.00230. The van der Waals surface area contributed by atoms with Crippen LogP contribution in [0.3, 0.4) is 0 Å². The lowest BCUT2D eigenvalue weighted by Crippen LogP contribution is -2.44. The van der Waals surface area contributed by atoms with E-state index in [0.717, 1.165) is 21.9 Å². The number of ether oxygens (including phenoxy) is 2. The van der Waals surface area contributed by atoms with Crippen LogP contribution in [-0.4, -0.2) is 29.6 Å². The molecule has 3 aromatic rings. The third-order valence-electron chi connectivity index (χ3n) is 5.45. The number of benzene rings is 3. The van der Waals surface area contributed by atoms with Crippen LogP contribution in [0.1, 0.15) is 43.4 Å². The summed E-state index contributed by atoms with van der Waals surface area (Å²) in [5.74, 6) is -0.487. The quantitative estimate of drug-likeness (QED) is 0.624. The predicted molar refractivity (Wildman–Crippen MR) is 122 cm³/mol. The van der Waals surface area contributed by atoms with Gasteiger partial charge in [-0.15, -0.1) is 0 Å². The second kappa shape index (κ2) is 8.62. The Bertz CT molecular complexity index is 1180. The lowest BCUT2D eigenvalue weighted by Gasteiger charge is -2.30. The molecular formula is C26H26N2O4. The number of carbonyl (C=O) groups is 1. The van der Waals surface area contributed by atoms with E-state index in [4.69, 9.17) is 9.47 Å². The Morgan fingerprint density at radius 3 is 2.50 bits per heavy atom. The number of nitrogens with zero attached hydrogens (tertiary/aromatic N) is 2. The summed E-state index contributed by atoms with van der Waals surface area (Å²) in [5, 5.41) is 21.5. The van der Waals surface area contributed by atoms with Gasteiger partial charge in [0.1, 0.15) is 11.8 Å². The third kappa shape index (κ3) is 4.18. The predicted octanol–water partition coefficient (Wildman–Crippen LogP) is 5.09. The standard InChI is InChI=1S/C26H26N2O4/c1-26(2,3)32-25(30)28-22-12-11-19-10-9-18(14-27)13-20(19)23(22)21(15-29)24(28)31-16-17-7-5-4-6-8-17/h4-13,21,24,29H,15-16H2,1-3H3/t21?,24-/m0/s1. The van der Waals surface area contributed by atoms with Gasteiger partial charge in [0, 0.05) is 0 Å². The topological polar surface area (TPSA) is 82.8 Å². The normalized spacial score (nSPS) is 17.8. The second-order valence-corrected chi connectivity index (χ2v) is 8.87. The SMILES string of the molecule is CC(C)(C)OC(=O)N1c2ccc3ccc(C#N)cc3c2C(CO)[C@@H]1OCc1ccccc1. The third-order valence-corrected chi connectivity index (χ3v) is 5.45. The maximum absolute atomic E-state index is 13.3. The van der Waals surface area contributed by atoms with Crippen molar-refractivity contribution in [2.24, 2.45) is 0 Å². The molecule has 0 saturated carbocycles. The molecule has 2 atom stereocenters. The minimum absolute atomic E-state index is 0.221. The smallest absolute Gasteiger partial charge is 0.416 e. The Labute approximate surface area is 187 Å². The highest BCUT2D eigenvalue weighted by Gasteiger charge is 2.45. The van der Waals surface area contributed by atoms with Crippen LogP contribution in [0.25, 0.3) is 10.8 Å². The van der Waals surface area contributed by atoms with Crippen LogP contribution >= 0.6 is 0 Å². The maximum atomic E-state index is 13.3. The number of amides is 1. The molecule has 3 aromatic carbocycles. The molecule has 4 rings (SSSR count). The molecule has 1 aliphatic heterocycles. The van der Waals surface area contributed by atoms with Gasteiger partial charge in [0.25, 0.3) is 0 Å². The van der Waals surface area contributed by atoms with Crippen LogP contribution in [0.5, 0.6) is 0 Å². The first-order chi connectivity index (χ1) is 15.3. The largest absolute Gasteiger partial charge is 0.443 e. The Morgan fingerprint density at radius 1 is 1.12 bits per heavy atom. The van der Waals surface area contributed by atoms with Gasteiger partial charge in [-0.2, -0.15) is 5.26 Å². The zero-order valence-corrected chi connectivity index (χ0v) is 18.4. The van der Waals surface area contributed by atoms with Gasteiger partial charge < -0.3 is 14.6 Å². The lowest BCUT2D eigenvalue weighted by atomic mass is 9.93. The van der Waals surface area contributed by atoms with Gasteiger partial charge in [0.05, 0.1) is 36.5 Å². The summed E-state index contributed by atoms with van der Waals surface area (Å²) >= 11 is 0. The molecule has 1 heterocycles. The van der Waals surface area contributed by atoms with Gasteiger partial charge in [-0.1, -0.05) is 42.5 Å². The van der Waals surface area contributed by atoms with E-state index in [1.807, 2.05) is 69.3 Å². The number of aliphatic hydroxyl groups excluding tert-OH is 1. The van der Waals surface area contributed by atoms with E-state index in [9.17, 15) is 15.2 Å². The average molecular weight is 431 g/mol. The van der Waals surface area contributed by atoms with Gasteiger partial charge in [-0.25, -0.2) is 4.79 Å². The van der Waals surface area contributed by atoms with Gasteiger partial charge >= 0.3 is 6.09 Å². The summed E-state index contributed by atoms with van der Waals surface area (Å²) in [6.07, 6.45) is -1.29. The van der Waals surface area contributed by atoms with E-state index < -0.39 is 23.8 Å². The number of hydrogen-bond acceptors (Lipinski definition) is 5. The fraction of sp³-hybridized carbons (Fsp3) is 0.308. The number of aliphatic hydroxyl groups is 1. The molecule has 0 saturated heterocycles. The molecule has 1 amide bonds. The molecule has 0 aromatic heterocycles. The van der Waals surface area contributed by atoms with Crippen molar-refractivity contribution in [1.82, 2.24) is 0 Å². The van der Waals surface area contributed by atoms with Crippen molar-refractivity contribution in [3.8, 4) is 6.07 Å². The summed E-state index contributed by atoms with van der Waals surface area (Å²) < 4.78 is 11.9. The molecule has 0 spiro atoms. The molecule has 0 bridgehead atoms. The number of fused-ring (bicyclic) bond motifs is 3. The number of anilines is 1. The van der Waals surface area contributed by atoms with Crippen molar-refractivity contribution in [3.63, 3.8) is 0 Å². The molecule has 1 N–H and O–H groups in total. The van der Waals surface area contributed by atoms with Crippen molar-refractivity contribution >= 4 is 22.6 Å². The van der Waals surface area contributed by atoms with Crippen LogP contribution in [-0.2, 0) is 16.1 Å². The van der Waals surface area contributed by atoms with Gasteiger partial charge in [-0.3, -0.25) is 4.90 Å². The van der Waals surface area contributed by atoms with Gasteiger partial charge in [0.15, 0.2) is 0 Å². The Kier molecular flexibility index (Phi) is 5.88. The monoisotopic (exact) mass is 430 g/mol. The Morgan fingerprint density at radius 2 is 1.84 bits per heavy atom. The molecule has 1 unspecified atom stereocenters.